The number of carboxylic acid groups (broad SMARTS) is 1. The van der Waals surface area contributed by atoms with E-state index in [0.29, 0.717) is 11.5 Å². The van der Waals surface area contributed by atoms with E-state index in [2.05, 4.69) is 24.1 Å². The third-order valence-electron chi connectivity index (χ3n) is 5.35. The van der Waals surface area contributed by atoms with Gasteiger partial charge in [0, 0.05) is 12.1 Å². The van der Waals surface area contributed by atoms with Crippen molar-refractivity contribution in [3.05, 3.63) is 0 Å². The van der Waals surface area contributed by atoms with Gasteiger partial charge < -0.3 is 10.0 Å². The highest BCUT2D eigenvalue weighted by atomic mass is 16.4. The zero-order valence-electron chi connectivity index (χ0n) is 14.1. The second kappa shape index (κ2) is 6.25. The fourth-order valence-corrected chi connectivity index (χ4v) is 4.08. The quantitative estimate of drug-likeness (QED) is 0.837. The van der Waals surface area contributed by atoms with Crippen LogP contribution in [0.1, 0.15) is 66.2 Å². The van der Waals surface area contributed by atoms with Gasteiger partial charge in [-0.25, -0.2) is 0 Å². The normalized spacial score (nSPS) is 34.0. The first-order chi connectivity index (χ1) is 9.74. The van der Waals surface area contributed by atoms with Crippen LogP contribution in [0.15, 0.2) is 0 Å². The van der Waals surface area contributed by atoms with E-state index in [1.165, 1.54) is 19.3 Å². The highest BCUT2D eigenvalue weighted by Gasteiger charge is 2.47. The maximum Gasteiger partial charge on any atom is 0.323 e. The van der Waals surface area contributed by atoms with Gasteiger partial charge in [0.25, 0.3) is 0 Å². The van der Waals surface area contributed by atoms with Crippen LogP contribution in [0.4, 0.5) is 0 Å². The third-order valence-corrected chi connectivity index (χ3v) is 5.35. The first-order valence-corrected chi connectivity index (χ1v) is 8.49. The molecule has 0 radical (unpaired) electrons. The summed E-state index contributed by atoms with van der Waals surface area (Å²) in [4.78, 5) is 14.3. The number of carbonyl (C=O) groups is 1. The molecule has 2 aliphatic rings. The summed E-state index contributed by atoms with van der Waals surface area (Å²) in [5.41, 5.74) is -0.270. The Morgan fingerprint density at radius 3 is 2.57 bits per heavy atom. The fraction of sp³-hybridized carbons (Fsp3) is 0.941. The number of aliphatic carboxylic acids is 1. The maximum absolute atomic E-state index is 11.8. The molecule has 1 aliphatic carbocycles. The number of hydrogen-bond acceptors (Lipinski definition) is 3. The Labute approximate surface area is 129 Å². The van der Waals surface area contributed by atoms with Crippen LogP contribution in [-0.4, -0.2) is 46.7 Å². The molecule has 1 heterocycles. The van der Waals surface area contributed by atoms with Crippen LogP contribution in [0.2, 0.25) is 0 Å². The molecule has 0 amide bonds. The van der Waals surface area contributed by atoms with Crippen molar-refractivity contribution >= 4 is 5.97 Å². The lowest BCUT2D eigenvalue weighted by Crippen LogP contribution is -2.54. The standard InChI is InChI=1S/C17H32N2O2/c1-13(2)18-17(15(20)21)8-6-14(12-17)19-10-5-7-16(3,4)9-11-19/h13-14,18H,5-12H2,1-4H3,(H,20,21). The van der Waals surface area contributed by atoms with E-state index in [1.807, 2.05) is 13.8 Å². The number of nitrogens with one attached hydrogen (secondary N) is 1. The van der Waals surface area contributed by atoms with Crippen LogP contribution >= 0.6 is 0 Å². The summed E-state index contributed by atoms with van der Waals surface area (Å²) in [6, 6.07) is 0.643. The number of nitrogens with zero attached hydrogens (tertiary/aromatic N) is 1. The minimum atomic E-state index is -0.708. The first-order valence-electron chi connectivity index (χ1n) is 8.49. The molecule has 4 nitrogen and oxygen atoms in total. The zero-order chi connectivity index (χ0) is 15.7. The minimum absolute atomic E-state index is 0.211. The Kier molecular flexibility index (Phi) is 4.99. The second-order valence-corrected chi connectivity index (χ2v) is 8.14. The van der Waals surface area contributed by atoms with Crippen molar-refractivity contribution in [2.75, 3.05) is 13.1 Å². The fourth-order valence-electron chi connectivity index (χ4n) is 4.08. The molecule has 21 heavy (non-hydrogen) atoms. The highest BCUT2D eigenvalue weighted by Crippen LogP contribution is 2.37. The monoisotopic (exact) mass is 296 g/mol. The van der Waals surface area contributed by atoms with Crippen molar-refractivity contribution in [3.8, 4) is 0 Å². The third kappa shape index (κ3) is 3.98. The van der Waals surface area contributed by atoms with Crippen LogP contribution in [0, 0.1) is 5.41 Å². The molecule has 2 atom stereocenters. The van der Waals surface area contributed by atoms with Crippen molar-refractivity contribution in [3.63, 3.8) is 0 Å². The van der Waals surface area contributed by atoms with Gasteiger partial charge in [0.05, 0.1) is 0 Å². The van der Waals surface area contributed by atoms with E-state index in [9.17, 15) is 9.90 Å². The molecular formula is C17H32N2O2. The molecule has 2 N–H and O–H groups in total. The lowest BCUT2D eigenvalue weighted by atomic mass is 9.85. The molecule has 1 saturated heterocycles. The van der Waals surface area contributed by atoms with Gasteiger partial charge in [-0.1, -0.05) is 13.8 Å². The smallest absolute Gasteiger partial charge is 0.323 e. The summed E-state index contributed by atoms with van der Waals surface area (Å²) < 4.78 is 0. The van der Waals surface area contributed by atoms with Crippen LogP contribution in [0.3, 0.4) is 0 Å². The molecule has 0 bridgehead atoms. The topological polar surface area (TPSA) is 52.6 Å². The Morgan fingerprint density at radius 1 is 1.24 bits per heavy atom. The van der Waals surface area contributed by atoms with Crippen LogP contribution in [0.25, 0.3) is 0 Å². The van der Waals surface area contributed by atoms with E-state index < -0.39 is 11.5 Å². The van der Waals surface area contributed by atoms with Gasteiger partial charge >= 0.3 is 5.97 Å². The molecule has 2 fully saturated rings. The van der Waals surface area contributed by atoms with Gasteiger partial charge in [0.1, 0.15) is 5.54 Å². The molecule has 122 valence electrons. The lowest BCUT2D eigenvalue weighted by Gasteiger charge is -2.32. The zero-order valence-corrected chi connectivity index (χ0v) is 14.1. The molecular weight excluding hydrogens is 264 g/mol. The predicted molar refractivity (Wildman–Crippen MR) is 85.5 cm³/mol. The Hall–Kier alpha value is -0.610. The van der Waals surface area contributed by atoms with E-state index >= 15 is 0 Å². The molecule has 2 unspecified atom stereocenters. The number of likely N-dealkylation sites (tertiary alicyclic amines) is 1. The van der Waals surface area contributed by atoms with Gasteiger partial charge in [-0.15, -0.1) is 0 Å². The van der Waals surface area contributed by atoms with Gasteiger partial charge in [-0.05, 0) is 70.9 Å². The summed E-state index contributed by atoms with van der Waals surface area (Å²) in [7, 11) is 0. The Bertz CT molecular complexity index is 381. The van der Waals surface area contributed by atoms with E-state index in [0.717, 1.165) is 32.4 Å². The average molecular weight is 296 g/mol. The summed E-state index contributed by atoms with van der Waals surface area (Å²) in [5.74, 6) is -0.672. The largest absolute Gasteiger partial charge is 0.480 e. The molecule has 0 spiro atoms. The average Bonchev–Trinajstić information content (AvgIpc) is 2.69. The molecule has 2 rings (SSSR count). The van der Waals surface area contributed by atoms with Gasteiger partial charge in [-0.2, -0.15) is 0 Å². The summed E-state index contributed by atoms with van der Waals surface area (Å²) in [6.45, 7) is 11.0. The second-order valence-electron chi connectivity index (χ2n) is 8.14. The van der Waals surface area contributed by atoms with Crippen molar-refractivity contribution < 1.29 is 9.90 Å². The van der Waals surface area contributed by atoms with Crippen molar-refractivity contribution in [1.82, 2.24) is 10.2 Å². The number of carboxylic acids is 1. The van der Waals surface area contributed by atoms with Gasteiger partial charge in [-0.3, -0.25) is 10.1 Å². The summed E-state index contributed by atoms with van der Waals surface area (Å²) in [6.07, 6.45) is 6.26. The van der Waals surface area contributed by atoms with E-state index in [-0.39, 0.29) is 6.04 Å². The van der Waals surface area contributed by atoms with Crippen molar-refractivity contribution in [2.45, 2.75) is 83.8 Å². The number of hydrogen-bond donors (Lipinski definition) is 2. The molecule has 0 aromatic rings. The van der Waals surface area contributed by atoms with Gasteiger partial charge in [0.15, 0.2) is 0 Å². The molecule has 0 aromatic carbocycles. The summed E-state index contributed by atoms with van der Waals surface area (Å²) >= 11 is 0. The summed E-state index contributed by atoms with van der Waals surface area (Å²) in [5, 5.41) is 13.0. The van der Waals surface area contributed by atoms with Crippen LogP contribution in [0.5, 0.6) is 0 Å². The van der Waals surface area contributed by atoms with E-state index in [4.69, 9.17) is 0 Å². The maximum atomic E-state index is 11.8. The Balaban J connectivity index is 2.02. The van der Waals surface area contributed by atoms with Gasteiger partial charge in [0.2, 0.25) is 0 Å². The molecule has 4 heteroatoms. The minimum Gasteiger partial charge on any atom is -0.480 e. The Morgan fingerprint density at radius 2 is 1.95 bits per heavy atom. The lowest BCUT2D eigenvalue weighted by molar-refractivity contribution is -0.145. The number of rotatable bonds is 4. The van der Waals surface area contributed by atoms with Crippen molar-refractivity contribution in [2.24, 2.45) is 5.41 Å². The predicted octanol–water partition coefficient (Wildman–Crippen LogP) is 2.87. The van der Waals surface area contributed by atoms with Crippen LogP contribution in [-0.2, 0) is 4.79 Å². The molecule has 0 aromatic heterocycles. The highest BCUT2D eigenvalue weighted by molar-refractivity contribution is 5.79. The molecule has 1 saturated carbocycles. The molecule has 1 aliphatic heterocycles. The SMILES string of the molecule is CC(C)NC1(C(=O)O)CCC(N2CCCC(C)(C)CC2)C1. The van der Waals surface area contributed by atoms with E-state index in [1.54, 1.807) is 0 Å². The first kappa shape index (κ1) is 16.8. The van der Waals surface area contributed by atoms with Crippen LogP contribution < -0.4 is 5.32 Å². The van der Waals surface area contributed by atoms with Crippen molar-refractivity contribution in [1.29, 1.82) is 0 Å².